The molecule has 0 aliphatic carbocycles. The van der Waals surface area contributed by atoms with Crippen LogP contribution in [0, 0.1) is 19.8 Å². The van der Waals surface area contributed by atoms with Crippen molar-refractivity contribution in [1.82, 2.24) is 9.62 Å². The van der Waals surface area contributed by atoms with Crippen molar-refractivity contribution in [3.05, 3.63) is 53.6 Å². The van der Waals surface area contributed by atoms with E-state index < -0.39 is 16.1 Å². The molecule has 0 unspecified atom stereocenters. The van der Waals surface area contributed by atoms with Gasteiger partial charge in [-0.1, -0.05) is 26.0 Å². The number of hydrogen-bond acceptors (Lipinski definition) is 5. The van der Waals surface area contributed by atoms with Gasteiger partial charge in [-0.3, -0.25) is 4.79 Å². The van der Waals surface area contributed by atoms with Crippen molar-refractivity contribution < 1.29 is 17.9 Å². The summed E-state index contributed by atoms with van der Waals surface area (Å²) < 4.78 is 33.5. The lowest BCUT2D eigenvalue weighted by atomic mass is 10.1. The maximum absolute atomic E-state index is 13.1. The summed E-state index contributed by atoms with van der Waals surface area (Å²) in [6.07, 6.45) is -0.663. The molecular formula is C25H35N3O4S. The second kappa shape index (κ2) is 10.6. The first-order valence-corrected chi connectivity index (χ1v) is 12.9. The van der Waals surface area contributed by atoms with Crippen LogP contribution in [-0.4, -0.2) is 57.5 Å². The molecule has 0 saturated carbocycles. The zero-order valence-electron chi connectivity index (χ0n) is 20.2. The highest BCUT2D eigenvalue weighted by Crippen LogP contribution is 2.26. The van der Waals surface area contributed by atoms with E-state index in [0.717, 1.165) is 0 Å². The van der Waals surface area contributed by atoms with Gasteiger partial charge < -0.3 is 15.0 Å². The molecule has 1 atom stereocenters. The van der Waals surface area contributed by atoms with Crippen LogP contribution in [0.15, 0.2) is 47.4 Å². The predicted molar refractivity (Wildman–Crippen MR) is 131 cm³/mol. The van der Waals surface area contributed by atoms with Gasteiger partial charge in [0.2, 0.25) is 10.0 Å². The van der Waals surface area contributed by atoms with Crippen molar-refractivity contribution in [2.45, 2.75) is 45.6 Å². The number of carbonyl (C=O) groups excluding carboxylic acids is 1. The number of benzene rings is 2. The molecule has 1 fully saturated rings. The molecule has 0 aromatic heterocycles. The van der Waals surface area contributed by atoms with Crippen LogP contribution < -0.4 is 15.0 Å². The van der Waals surface area contributed by atoms with Gasteiger partial charge in [-0.2, -0.15) is 4.31 Å². The number of amides is 1. The molecule has 2 aromatic carbocycles. The second-order valence-corrected chi connectivity index (χ2v) is 10.9. The molecule has 1 heterocycles. The maximum Gasteiger partial charge on any atom is 0.260 e. The van der Waals surface area contributed by atoms with E-state index in [1.807, 2.05) is 19.9 Å². The van der Waals surface area contributed by atoms with Crippen LogP contribution in [0.4, 0.5) is 5.69 Å². The molecule has 33 heavy (non-hydrogen) atoms. The van der Waals surface area contributed by atoms with Crippen molar-refractivity contribution in [2.24, 2.45) is 5.92 Å². The molecule has 1 aliphatic heterocycles. The van der Waals surface area contributed by atoms with Gasteiger partial charge in [0, 0.05) is 38.4 Å². The number of aryl methyl sites for hydroxylation is 1. The van der Waals surface area contributed by atoms with Gasteiger partial charge in [0.25, 0.3) is 5.91 Å². The summed E-state index contributed by atoms with van der Waals surface area (Å²) in [6.45, 7) is 12.7. The smallest absolute Gasteiger partial charge is 0.260 e. The Bertz CT molecular complexity index is 1060. The van der Waals surface area contributed by atoms with Crippen molar-refractivity contribution in [2.75, 3.05) is 37.6 Å². The number of sulfonamides is 1. The highest BCUT2D eigenvalue weighted by molar-refractivity contribution is 7.89. The summed E-state index contributed by atoms with van der Waals surface area (Å²) >= 11 is 0. The van der Waals surface area contributed by atoms with E-state index in [0.29, 0.717) is 44.4 Å². The number of nitrogens with one attached hydrogen (secondary N) is 1. The topological polar surface area (TPSA) is 79.0 Å². The number of ether oxygens (including phenoxy) is 1. The molecule has 2 aromatic rings. The average Bonchev–Trinajstić information content (AvgIpc) is 2.79. The Hall–Kier alpha value is -2.58. The lowest BCUT2D eigenvalue weighted by Gasteiger charge is -2.36. The highest BCUT2D eigenvalue weighted by Gasteiger charge is 2.29. The molecule has 0 spiro atoms. The van der Waals surface area contributed by atoms with Crippen LogP contribution in [0.3, 0.4) is 0 Å². The number of piperazine rings is 1. The van der Waals surface area contributed by atoms with Crippen molar-refractivity contribution in [3.63, 3.8) is 0 Å². The van der Waals surface area contributed by atoms with Gasteiger partial charge >= 0.3 is 0 Å². The lowest BCUT2D eigenvalue weighted by molar-refractivity contribution is -0.127. The summed E-state index contributed by atoms with van der Waals surface area (Å²) in [5.41, 5.74) is 3.63. The minimum Gasteiger partial charge on any atom is -0.481 e. The second-order valence-electron chi connectivity index (χ2n) is 8.98. The van der Waals surface area contributed by atoms with Crippen LogP contribution in [0.1, 0.15) is 31.9 Å². The van der Waals surface area contributed by atoms with Gasteiger partial charge in [0.1, 0.15) is 5.75 Å². The first-order chi connectivity index (χ1) is 15.6. The number of hydrogen-bond donors (Lipinski definition) is 1. The minimum absolute atomic E-state index is 0.192. The Balaban J connectivity index is 1.60. The van der Waals surface area contributed by atoms with Gasteiger partial charge in [0.15, 0.2) is 6.10 Å². The molecule has 3 rings (SSSR count). The van der Waals surface area contributed by atoms with Gasteiger partial charge in [-0.15, -0.1) is 0 Å². The molecular weight excluding hydrogens is 438 g/mol. The Kier molecular flexibility index (Phi) is 8.02. The molecule has 1 saturated heterocycles. The largest absolute Gasteiger partial charge is 0.481 e. The van der Waals surface area contributed by atoms with Crippen LogP contribution >= 0.6 is 0 Å². The molecule has 1 N–H and O–H groups in total. The van der Waals surface area contributed by atoms with Crippen LogP contribution in [0.2, 0.25) is 0 Å². The van der Waals surface area contributed by atoms with E-state index in [2.05, 4.69) is 36.2 Å². The van der Waals surface area contributed by atoms with E-state index in [1.54, 1.807) is 31.2 Å². The summed E-state index contributed by atoms with van der Waals surface area (Å²) in [5, 5.41) is 2.83. The van der Waals surface area contributed by atoms with Crippen LogP contribution in [-0.2, 0) is 14.8 Å². The summed E-state index contributed by atoms with van der Waals surface area (Å²) in [4.78, 5) is 14.6. The summed E-state index contributed by atoms with van der Waals surface area (Å²) in [5.74, 6) is 0.622. The molecule has 8 heteroatoms. The fraction of sp³-hybridized carbons (Fsp3) is 0.480. The van der Waals surface area contributed by atoms with Crippen molar-refractivity contribution in [1.29, 1.82) is 0 Å². The quantitative estimate of drug-likeness (QED) is 0.636. The number of anilines is 1. The van der Waals surface area contributed by atoms with Crippen LogP contribution in [0.25, 0.3) is 0 Å². The number of carbonyl (C=O) groups is 1. The van der Waals surface area contributed by atoms with Crippen molar-refractivity contribution in [3.8, 4) is 5.75 Å². The van der Waals surface area contributed by atoms with Gasteiger partial charge in [-0.25, -0.2) is 8.42 Å². The molecule has 1 aliphatic rings. The Morgan fingerprint density at radius 2 is 1.64 bits per heavy atom. The third-order valence-electron chi connectivity index (χ3n) is 5.98. The maximum atomic E-state index is 13.1. The number of rotatable bonds is 8. The van der Waals surface area contributed by atoms with E-state index >= 15 is 0 Å². The third-order valence-corrected chi connectivity index (χ3v) is 7.90. The fourth-order valence-corrected chi connectivity index (χ4v) is 5.22. The SMILES string of the molecule is Cc1cccc(N2CCN(S(=O)(=O)c3ccc(O[C@H](C)C(=O)NCC(C)C)cc3)CC2)c1C. The van der Waals surface area contributed by atoms with E-state index in [4.69, 9.17) is 4.74 Å². The third kappa shape index (κ3) is 6.06. The lowest BCUT2D eigenvalue weighted by Crippen LogP contribution is -2.48. The van der Waals surface area contributed by atoms with Crippen LogP contribution in [0.5, 0.6) is 5.75 Å². The van der Waals surface area contributed by atoms with Gasteiger partial charge in [-0.05, 0) is 68.1 Å². The average molecular weight is 474 g/mol. The highest BCUT2D eigenvalue weighted by atomic mass is 32.2. The molecule has 7 nitrogen and oxygen atoms in total. The number of nitrogens with zero attached hydrogens (tertiary/aromatic N) is 2. The first-order valence-electron chi connectivity index (χ1n) is 11.5. The molecule has 1 amide bonds. The standard InChI is InChI=1S/C25H35N3O4S/c1-18(2)17-26-25(29)21(5)32-22-9-11-23(12-10-22)33(30,31)28-15-13-27(14-16-28)24-8-6-7-19(3)20(24)4/h6-12,18,21H,13-17H2,1-5H3,(H,26,29)/t21-/m1/s1. The zero-order valence-corrected chi connectivity index (χ0v) is 21.0. The fourth-order valence-electron chi connectivity index (χ4n) is 3.79. The predicted octanol–water partition coefficient (Wildman–Crippen LogP) is 3.35. The van der Waals surface area contributed by atoms with E-state index in [9.17, 15) is 13.2 Å². The summed E-state index contributed by atoms with van der Waals surface area (Å²) in [6, 6.07) is 12.5. The first kappa shape index (κ1) is 25.1. The molecule has 0 bridgehead atoms. The summed E-state index contributed by atoms with van der Waals surface area (Å²) in [7, 11) is -3.59. The van der Waals surface area contributed by atoms with E-state index in [-0.39, 0.29) is 10.8 Å². The zero-order chi connectivity index (χ0) is 24.2. The monoisotopic (exact) mass is 473 g/mol. The van der Waals surface area contributed by atoms with Crippen molar-refractivity contribution >= 4 is 21.6 Å². The van der Waals surface area contributed by atoms with E-state index in [1.165, 1.54) is 21.1 Å². The Morgan fingerprint density at radius 3 is 2.24 bits per heavy atom. The normalized spacial score (nSPS) is 16.0. The Labute approximate surface area is 197 Å². The van der Waals surface area contributed by atoms with Gasteiger partial charge in [0.05, 0.1) is 4.90 Å². The Morgan fingerprint density at radius 1 is 1.00 bits per heavy atom. The molecule has 180 valence electrons. The molecule has 0 radical (unpaired) electrons. The minimum atomic E-state index is -3.59.